The van der Waals surface area contributed by atoms with Crippen molar-refractivity contribution >= 4 is 23.5 Å². The van der Waals surface area contributed by atoms with Crippen LogP contribution in [0.5, 0.6) is 5.75 Å². The summed E-state index contributed by atoms with van der Waals surface area (Å²) < 4.78 is 5.42. The minimum Gasteiger partial charge on any atom is -0.483 e. The molecule has 1 rings (SSSR count). The summed E-state index contributed by atoms with van der Waals surface area (Å²) in [6, 6.07) is 2.70. The first kappa shape index (κ1) is 15.3. The second-order valence-corrected chi connectivity index (χ2v) is 4.90. The number of imide groups is 1. The maximum absolute atomic E-state index is 11.3. The summed E-state index contributed by atoms with van der Waals surface area (Å²) in [6.45, 7) is 5.57. The van der Waals surface area contributed by atoms with E-state index in [9.17, 15) is 9.59 Å². The number of hydrogen-bond donors (Lipinski definition) is 2. The summed E-state index contributed by atoms with van der Waals surface area (Å²) in [4.78, 5) is 21.8. The largest absolute Gasteiger partial charge is 0.483 e. The minimum atomic E-state index is -0.898. The lowest BCUT2D eigenvalue weighted by molar-refractivity contribution is -0.121. The van der Waals surface area contributed by atoms with Crippen LogP contribution in [0, 0.1) is 6.92 Å². The molecule has 0 aliphatic heterocycles. The molecule has 5 nitrogen and oxygen atoms in total. The first-order valence-corrected chi connectivity index (χ1v) is 6.21. The number of urea groups is 1. The highest BCUT2D eigenvalue weighted by Gasteiger charge is 2.13. The van der Waals surface area contributed by atoms with Gasteiger partial charge in [0.2, 0.25) is 0 Å². The zero-order valence-corrected chi connectivity index (χ0v) is 11.9. The minimum absolute atomic E-state index is 0.201. The Morgan fingerprint density at radius 2 is 2.05 bits per heavy atom. The third-order valence-electron chi connectivity index (χ3n) is 2.53. The fourth-order valence-corrected chi connectivity index (χ4v) is 1.74. The Bertz CT molecular complexity index is 501. The summed E-state index contributed by atoms with van der Waals surface area (Å²) >= 11 is 6.07. The smallest absolute Gasteiger partial charge is 0.318 e. The van der Waals surface area contributed by atoms with Gasteiger partial charge in [-0.2, -0.15) is 0 Å². The Labute approximate surface area is 117 Å². The van der Waals surface area contributed by atoms with Crippen LogP contribution in [0.4, 0.5) is 4.79 Å². The summed E-state index contributed by atoms with van der Waals surface area (Å²) in [7, 11) is 0. The summed E-state index contributed by atoms with van der Waals surface area (Å²) in [5.74, 6) is 0.193. The van der Waals surface area contributed by atoms with Crippen LogP contribution in [-0.4, -0.2) is 18.5 Å². The summed E-state index contributed by atoms with van der Waals surface area (Å²) in [5.41, 5.74) is 6.60. The van der Waals surface area contributed by atoms with E-state index in [0.717, 1.165) is 11.1 Å². The highest BCUT2D eigenvalue weighted by atomic mass is 35.5. The van der Waals surface area contributed by atoms with Crippen LogP contribution in [0.1, 0.15) is 30.9 Å². The molecule has 1 aromatic carbocycles. The Hall–Kier alpha value is -1.75. The number of ether oxygens (including phenoxy) is 1. The molecule has 0 saturated carbocycles. The topological polar surface area (TPSA) is 81.4 Å². The number of amides is 3. The van der Waals surface area contributed by atoms with Gasteiger partial charge in [-0.1, -0.05) is 25.4 Å². The van der Waals surface area contributed by atoms with Crippen molar-refractivity contribution in [1.29, 1.82) is 0 Å². The van der Waals surface area contributed by atoms with Gasteiger partial charge in [-0.3, -0.25) is 10.1 Å². The molecule has 0 fully saturated rings. The maximum atomic E-state index is 11.3. The molecule has 6 heteroatoms. The number of nitrogens with two attached hydrogens (primary N) is 1. The van der Waals surface area contributed by atoms with E-state index in [1.54, 1.807) is 6.07 Å². The van der Waals surface area contributed by atoms with Gasteiger partial charge in [0.1, 0.15) is 5.75 Å². The molecule has 0 aliphatic carbocycles. The van der Waals surface area contributed by atoms with Crippen molar-refractivity contribution in [2.24, 2.45) is 5.73 Å². The van der Waals surface area contributed by atoms with Crippen molar-refractivity contribution in [3.05, 3.63) is 28.3 Å². The van der Waals surface area contributed by atoms with Crippen molar-refractivity contribution in [2.75, 3.05) is 6.61 Å². The van der Waals surface area contributed by atoms with Crippen LogP contribution >= 0.6 is 11.6 Å². The standard InChI is InChI=1S/C13H17ClN2O3/c1-7(2)9-5-10(14)8(3)4-11(9)19-6-12(17)16-13(15)18/h4-5,7H,6H2,1-3H3,(H3,15,16,17,18). The maximum Gasteiger partial charge on any atom is 0.318 e. The lowest BCUT2D eigenvalue weighted by atomic mass is 10.0. The molecule has 1 aromatic rings. The molecule has 0 unspecified atom stereocenters. The molecule has 0 bridgehead atoms. The van der Waals surface area contributed by atoms with Gasteiger partial charge in [0.05, 0.1) is 0 Å². The number of carbonyl (C=O) groups excluding carboxylic acids is 2. The number of rotatable bonds is 4. The third-order valence-corrected chi connectivity index (χ3v) is 2.94. The van der Waals surface area contributed by atoms with E-state index in [1.165, 1.54) is 0 Å². The number of primary amides is 1. The Kier molecular flexibility index (Phi) is 5.18. The number of aryl methyl sites for hydroxylation is 1. The van der Waals surface area contributed by atoms with E-state index in [-0.39, 0.29) is 12.5 Å². The fourth-order valence-electron chi connectivity index (χ4n) is 1.56. The van der Waals surface area contributed by atoms with E-state index in [0.29, 0.717) is 10.8 Å². The van der Waals surface area contributed by atoms with E-state index in [2.05, 4.69) is 0 Å². The van der Waals surface area contributed by atoms with Crippen LogP contribution in [0.2, 0.25) is 5.02 Å². The number of benzene rings is 1. The normalized spacial score (nSPS) is 10.4. The zero-order chi connectivity index (χ0) is 14.6. The van der Waals surface area contributed by atoms with E-state index >= 15 is 0 Å². The molecular formula is C13H17ClN2O3. The molecule has 0 radical (unpaired) electrons. The van der Waals surface area contributed by atoms with Crippen LogP contribution in [0.15, 0.2) is 12.1 Å². The number of carbonyl (C=O) groups is 2. The molecule has 0 spiro atoms. The first-order chi connectivity index (χ1) is 8.81. The Morgan fingerprint density at radius 1 is 1.42 bits per heavy atom. The molecule has 0 aliphatic rings. The molecule has 0 aromatic heterocycles. The van der Waals surface area contributed by atoms with E-state index < -0.39 is 11.9 Å². The monoisotopic (exact) mass is 284 g/mol. The second-order valence-electron chi connectivity index (χ2n) is 4.50. The van der Waals surface area contributed by atoms with Gasteiger partial charge in [0.15, 0.2) is 6.61 Å². The fraction of sp³-hybridized carbons (Fsp3) is 0.385. The van der Waals surface area contributed by atoms with Gasteiger partial charge in [0.25, 0.3) is 5.91 Å². The van der Waals surface area contributed by atoms with Gasteiger partial charge in [-0.25, -0.2) is 4.79 Å². The van der Waals surface area contributed by atoms with Crippen molar-refractivity contribution in [2.45, 2.75) is 26.7 Å². The van der Waals surface area contributed by atoms with E-state index in [1.807, 2.05) is 32.2 Å². The van der Waals surface area contributed by atoms with Crippen molar-refractivity contribution in [3.63, 3.8) is 0 Å². The lowest BCUT2D eigenvalue weighted by Crippen LogP contribution is -2.38. The molecule has 3 amide bonds. The van der Waals surface area contributed by atoms with Gasteiger partial charge >= 0.3 is 6.03 Å². The van der Waals surface area contributed by atoms with Gasteiger partial charge in [-0.05, 0) is 36.1 Å². The van der Waals surface area contributed by atoms with Crippen LogP contribution < -0.4 is 15.8 Å². The van der Waals surface area contributed by atoms with Crippen LogP contribution in [-0.2, 0) is 4.79 Å². The lowest BCUT2D eigenvalue weighted by Gasteiger charge is -2.15. The zero-order valence-electron chi connectivity index (χ0n) is 11.1. The molecule has 3 N–H and O–H groups in total. The quantitative estimate of drug-likeness (QED) is 0.890. The predicted octanol–water partition coefficient (Wildman–Crippen LogP) is 2.35. The number of nitrogens with one attached hydrogen (secondary N) is 1. The Balaban J connectivity index is 2.85. The SMILES string of the molecule is Cc1cc(OCC(=O)NC(N)=O)c(C(C)C)cc1Cl. The second kappa shape index (κ2) is 6.43. The van der Waals surface area contributed by atoms with Crippen LogP contribution in [0.25, 0.3) is 0 Å². The molecule has 104 valence electrons. The molecule has 0 saturated heterocycles. The Morgan fingerprint density at radius 3 is 2.58 bits per heavy atom. The van der Waals surface area contributed by atoms with Gasteiger partial charge in [0, 0.05) is 5.02 Å². The molecule has 0 atom stereocenters. The number of halogens is 1. The highest BCUT2D eigenvalue weighted by Crippen LogP contribution is 2.31. The molecule has 0 heterocycles. The molecular weight excluding hydrogens is 268 g/mol. The summed E-state index contributed by atoms with van der Waals surface area (Å²) in [6.07, 6.45) is 0. The van der Waals surface area contributed by atoms with Crippen molar-refractivity contribution in [1.82, 2.24) is 5.32 Å². The predicted molar refractivity (Wildman–Crippen MR) is 73.5 cm³/mol. The van der Waals surface area contributed by atoms with Crippen LogP contribution in [0.3, 0.4) is 0 Å². The first-order valence-electron chi connectivity index (χ1n) is 5.83. The number of hydrogen-bond acceptors (Lipinski definition) is 3. The third kappa shape index (κ3) is 4.44. The average molecular weight is 285 g/mol. The average Bonchev–Trinajstić information content (AvgIpc) is 2.29. The van der Waals surface area contributed by atoms with Gasteiger partial charge < -0.3 is 10.5 Å². The van der Waals surface area contributed by atoms with Crippen molar-refractivity contribution in [3.8, 4) is 5.75 Å². The van der Waals surface area contributed by atoms with Crippen molar-refractivity contribution < 1.29 is 14.3 Å². The van der Waals surface area contributed by atoms with E-state index in [4.69, 9.17) is 22.1 Å². The molecule has 19 heavy (non-hydrogen) atoms. The summed E-state index contributed by atoms with van der Waals surface area (Å²) in [5, 5.41) is 2.59. The van der Waals surface area contributed by atoms with Gasteiger partial charge in [-0.15, -0.1) is 0 Å². The highest BCUT2D eigenvalue weighted by molar-refractivity contribution is 6.31.